The van der Waals surface area contributed by atoms with Crippen LogP contribution in [-0.2, 0) is 0 Å². The quantitative estimate of drug-likeness (QED) is 0.264. The average Bonchev–Trinajstić information content (AvgIpc) is 3.50. The Kier molecular flexibility index (Phi) is 8.64. The molecule has 8 heteroatoms. The maximum absolute atomic E-state index is 10.8. The van der Waals surface area contributed by atoms with Crippen LogP contribution in [0.4, 0.5) is 0 Å². The minimum Gasteiger partial charge on any atom is -0.530 e. The summed E-state index contributed by atoms with van der Waals surface area (Å²) in [5.74, 6) is 1.17. The van der Waals surface area contributed by atoms with E-state index in [9.17, 15) is 5.02 Å². The standard InChI is InChI=1S/C33H28BN3O4/c1-23-4-2-3-5-29(23)31-16-15-30(37-31)25-8-6-24(7-9-25)26-10-17-32(40-21-19-36)33(22-26)41-34(38)27-11-13-28(14-12-27)39-20-18-35/h2-14,17,22,30,38H,15-16,20-21H2,1H3. The SMILES string of the molecule is Cc1ccccc1C1=NC(c2ccc(-c3ccc(OCC#N)c(OB(O)c4ccc(OCC#N)cc4)c3)cc2)CC1. The third-order valence-corrected chi connectivity index (χ3v) is 6.99. The molecule has 0 fully saturated rings. The molecule has 1 unspecified atom stereocenters. The first kappa shape index (κ1) is 27.5. The number of benzene rings is 4. The van der Waals surface area contributed by atoms with Crippen LogP contribution in [0.1, 0.15) is 35.6 Å². The first-order valence-electron chi connectivity index (χ1n) is 13.4. The minimum atomic E-state index is -1.29. The highest BCUT2D eigenvalue weighted by molar-refractivity contribution is 6.60. The molecule has 4 aromatic carbocycles. The second kappa shape index (κ2) is 12.9. The van der Waals surface area contributed by atoms with E-state index in [1.54, 1.807) is 36.4 Å². The predicted octanol–water partition coefficient (Wildman–Crippen LogP) is 5.56. The van der Waals surface area contributed by atoms with Crippen molar-refractivity contribution in [2.75, 3.05) is 13.2 Å². The molecule has 1 atom stereocenters. The Morgan fingerprint density at radius 3 is 2.29 bits per heavy atom. The molecule has 0 saturated carbocycles. The molecule has 41 heavy (non-hydrogen) atoms. The number of ether oxygens (including phenoxy) is 2. The van der Waals surface area contributed by atoms with Crippen LogP contribution < -0.4 is 19.6 Å². The van der Waals surface area contributed by atoms with Crippen molar-refractivity contribution in [3.05, 3.63) is 108 Å². The summed E-state index contributed by atoms with van der Waals surface area (Å²) in [5, 5.41) is 28.5. The number of nitriles is 2. The summed E-state index contributed by atoms with van der Waals surface area (Å²) in [7, 11) is -1.29. The van der Waals surface area contributed by atoms with Crippen LogP contribution >= 0.6 is 0 Å². The van der Waals surface area contributed by atoms with Crippen molar-refractivity contribution in [1.29, 1.82) is 10.5 Å². The molecule has 0 saturated heterocycles. The van der Waals surface area contributed by atoms with Gasteiger partial charge in [0.2, 0.25) is 0 Å². The molecule has 0 radical (unpaired) electrons. The largest absolute Gasteiger partial charge is 0.560 e. The molecule has 7 nitrogen and oxygen atoms in total. The van der Waals surface area contributed by atoms with E-state index in [0.29, 0.717) is 22.7 Å². The summed E-state index contributed by atoms with van der Waals surface area (Å²) < 4.78 is 16.7. The Labute approximate surface area is 240 Å². The maximum Gasteiger partial charge on any atom is 0.560 e. The maximum atomic E-state index is 10.8. The number of hydrogen-bond acceptors (Lipinski definition) is 7. The predicted molar refractivity (Wildman–Crippen MR) is 158 cm³/mol. The minimum absolute atomic E-state index is 0.0615. The zero-order valence-corrected chi connectivity index (χ0v) is 22.7. The molecular formula is C33H28BN3O4. The highest BCUT2D eigenvalue weighted by Gasteiger charge is 2.23. The summed E-state index contributed by atoms with van der Waals surface area (Å²) in [5.41, 5.74) is 7.14. The molecule has 0 aliphatic carbocycles. The molecule has 1 aliphatic rings. The van der Waals surface area contributed by atoms with Crippen molar-refractivity contribution in [2.45, 2.75) is 25.8 Å². The Morgan fingerprint density at radius 1 is 0.854 bits per heavy atom. The molecule has 1 aliphatic heterocycles. The van der Waals surface area contributed by atoms with E-state index in [1.165, 1.54) is 16.7 Å². The van der Waals surface area contributed by atoms with Crippen LogP contribution in [0.2, 0.25) is 0 Å². The first-order chi connectivity index (χ1) is 20.1. The summed E-state index contributed by atoms with van der Waals surface area (Å²) in [6.07, 6.45) is 1.94. The lowest BCUT2D eigenvalue weighted by Crippen LogP contribution is -2.36. The van der Waals surface area contributed by atoms with Gasteiger partial charge in [0.05, 0.1) is 6.04 Å². The highest BCUT2D eigenvalue weighted by Crippen LogP contribution is 2.36. The van der Waals surface area contributed by atoms with Gasteiger partial charge in [0, 0.05) is 5.71 Å². The smallest absolute Gasteiger partial charge is 0.530 e. The van der Waals surface area contributed by atoms with Crippen molar-refractivity contribution in [3.8, 4) is 40.5 Å². The van der Waals surface area contributed by atoms with Crippen molar-refractivity contribution in [2.24, 2.45) is 4.99 Å². The fraction of sp³-hybridized carbons (Fsp3) is 0.182. The van der Waals surface area contributed by atoms with Crippen molar-refractivity contribution < 1.29 is 19.2 Å². The lowest BCUT2D eigenvalue weighted by atomic mass is 9.79. The fourth-order valence-corrected chi connectivity index (χ4v) is 4.87. The van der Waals surface area contributed by atoms with Gasteiger partial charge >= 0.3 is 7.12 Å². The lowest BCUT2D eigenvalue weighted by molar-refractivity contribution is 0.344. The van der Waals surface area contributed by atoms with E-state index in [0.717, 1.165) is 29.7 Å². The van der Waals surface area contributed by atoms with Gasteiger partial charge < -0.3 is 19.2 Å². The fourth-order valence-electron chi connectivity index (χ4n) is 4.87. The Balaban J connectivity index is 1.34. The second-order valence-corrected chi connectivity index (χ2v) is 9.66. The van der Waals surface area contributed by atoms with Gasteiger partial charge in [0.15, 0.2) is 19.0 Å². The zero-order chi connectivity index (χ0) is 28.6. The van der Waals surface area contributed by atoms with Gasteiger partial charge in [-0.15, -0.1) is 0 Å². The molecule has 202 valence electrons. The van der Waals surface area contributed by atoms with E-state index >= 15 is 0 Å². The van der Waals surface area contributed by atoms with E-state index < -0.39 is 7.12 Å². The van der Waals surface area contributed by atoms with Crippen molar-refractivity contribution in [1.82, 2.24) is 0 Å². The van der Waals surface area contributed by atoms with E-state index in [1.807, 2.05) is 18.2 Å². The number of nitrogens with zero attached hydrogens (tertiary/aromatic N) is 3. The van der Waals surface area contributed by atoms with Gasteiger partial charge in [-0.1, -0.05) is 66.7 Å². The molecule has 5 rings (SSSR count). The summed E-state index contributed by atoms with van der Waals surface area (Å²) >= 11 is 0. The van der Waals surface area contributed by atoms with E-state index in [2.05, 4.69) is 55.5 Å². The molecule has 0 bridgehead atoms. The van der Waals surface area contributed by atoms with Gasteiger partial charge in [0.25, 0.3) is 0 Å². The topological polar surface area (TPSA) is 108 Å². The molecule has 1 heterocycles. The van der Waals surface area contributed by atoms with Crippen molar-refractivity contribution in [3.63, 3.8) is 0 Å². The summed E-state index contributed by atoms with van der Waals surface area (Å²) in [6, 6.07) is 32.8. The number of hydrogen-bond donors (Lipinski definition) is 1. The summed E-state index contributed by atoms with van der Waals surface area (Å²) in [6.45, 7) is 1.91. The summed E-state index contributed by atoms with van der Waals surface area (Å²) in [4.78, 5) is 5.03. The number of rotatable bonds is 10. The average molecular weight is 541 g/mol. The Bertz CT molecular complexity index is 1620. The monoisotopic (exact) mass is 541 g/mol. The van der Waals surface area contributed by atoms with Crippen LogP contribution in [0.25, 0.3) is 11.1 Å². The third-order valence-electron chi connectivity index (χ3n) is 6.99. The van der Waals surface area contributed by atoms with Gasteiger partial charge in [-0.05, 0) is 77.3 Å². The molecular weight excluding hydrogens is 513 g/mol. The molecule has 4 aromatic rings. The molecule has 0 spiro atoms. The van der Waals surface area contributed by atoms with Crippen molar-refractivity contribution >= 4 is 18.3 Å². The zero-order valence-electron chi connectivity index (χ0n) is 22.7. The molecule has 0 aromatic heterocycles. The second-order valence-electron chi connectivity index (χ2n) is 9.66. The Morgan fingerprint density at radius 2 is 1.56 bits per heavy atom. The highest BCUT2D eigenvalue weighted by atomic mass is 16.5. The number of aryl methyl sites for hydroxylation is 1. The first-order valence-corrected chi connectivity index (χ1v) is 13.4. The van der Waals surface area contributed by atoms with Crippen LogP contribution in [-0.4, -0.2) is 31.1 Å². The van der Waals surface area contributed by atoms with Gasteiger partial charge in [-0.25, -0.2) is 0 Å². The van der Waals surface area contributed by atoms with E-state index in [4.69, 9.17) is 29.6 Å². The van der Waals surface area contributed by atoms with Crippen LogP contribution in [0.5, 0.6) is 17.2 Å². The van der Waals surface area contributed by atoms with E-state index in [-0.39, 0.29) is 19.3 Å². The van der Waals surface area contributed by atoms with Crippen LogP contribution in [0.3, 0.4) is 0 Å². The molecule has 0 amide bonds. The molecule has 1 N–H and O–H groups in total. The Hall–Kier alpha value is -5.05. The van der Waals surface area contributed by atoms with Gasteiger partial charge in [-0.3, -0.25) is 4.99 Å². The van der Waals surface area contributed by atoms with Crippen LogP contribution in [0, 0.1) is 29.6 Å². The lowest BCUT2D eigenvalue weighted by Gasteiger charge is -2.16. The van der Waals surface area contributed by atoms with Crippen LogP contribution in [0.15, 0.2) is 96.0 Å². The van der Waals surface area contributed by atoms with Gasteiger partial charge in [-0.2, -0.15) is 10.5 Å². The van der Waals surface area contributed by atoms with Gasteiger partial charge in [0.1, 0.15) is 23.6 Å². The third kappa shape index (κ3) is 6.58. The normalized spacial score (nSPS) is 14.0. The number of aliphatic imine (C=N–C) groups is 1.